The van der Waals surface area contributed by atoms with Crippen molar-refractivity contribution in [3.8, 4) is 0 Å². The van der Waals surface area contributed by atoms with Gasteiger partial charge in [0.15, 0.2) is 0 Å². The second-order valence-electron chi connectivity index (χ2n) is 4.58. The highest BCUT2D eigenvalue weighted by atomic mass is 19.1. The van der Waals surface area contributed by atoms with E-state index in [1.165, 1.54) is 12.5 Å². The molecule has 1 saturated carbocycles. The number of benzene rings is 1. The third kappa shape index (κ3) is 2.19. The van der Waals surface area contributed by atoms with E-state index in [1.807, 2.05) is 13.0 Å². The van der Waals surface area contributed by atoms with E-state index in [0.29, 0.717) is 11.8 Å². The Morgan fingerprint density at radius 2 is 2.13 bits per heavy atom. The summed E-state index contributed by atoms with van der Waals surface area (Å²) < 4.78 is 13.2. The minimum Gasteiger partial charge on any atom is -0.271 e. The monoisotopic (exact) mass is 208 g/mol. The molecule has 0 heterocycles. The van der Waals surface area contributed by atoms with Gasteiger partial charge in [-0.05, 0) is 48.4 Å². The minimum absolute atomic E-state index is 0.0920. The first kappa shape index (κ1) is 10.6. The molecular formula is C12H17FN2. The van der Waals surface area contributed by atoms with Crippen LogP contribution < -0.4 is 11.3 Å². The Morgan fingerprint density at radius 3 is 2.60 bits per heavy atom. The van der Waals surface area contributed by atoms with E-state index >= 15 is 0 Å². The zero-order valence-corrected chi connectivity index (χ0v) is 9.13. The van der Waals surface area contributed by atoms with Crippen molar-refractivity contribution in [1.29, 1.82) is 0 Å². The summed E-state index contributed by atoms with van der Waals surface area (Å²) >= 11 is 0. The molecule has 0 saturated heterocycles. The molecule has 1 aliphatic carbocycles. The second kappa shape index (κ2) is 3.91. The molecule has 0 amide bonds. The molecule has 1 aromatic rings. The zero-order chi connectivity index (χ0) is 11.0. The van der Waals surface area contributed by atoms with Gasteiger partial charge in [-0.15, -0.1) is 0 Å². The highest BCUT2D eigenvalue weighted by molar-refractivity contribution is 5.27. The normalized spacial score (nSPS) is 26.4. The number of rotatable bonds is 3. The smallest absolute Gasteiger partial charge is 0.123 e. The van der Waals surface area contributed by atoms with Gasteiger partial charge in [0.1, 0.15) is 5.82 Å². The number of hydrogen-bond acceptors (Lipinski definition) is 2. The van der Waals surface area contributed by atoms with Crippen molar-refractivity contribution < 1.29 is 4.39 Å². The van der Waals surface area contributed by atoms with Gasteiger partial charge < -0.3 is 0 Å². The average Bonchev–Trinajstić information content (AvgIpc) is 2.82. The highest BCUT2D eigenvalue weighted by Gasteiger charge is 2.39. The van der Waals surface area contributed by atoms with Crippen molar-refractivity contribution in [3.63, 3.8) is 0 Å². The molecule has 0 aromatic heterocycles. The molecule has 15 heavy (non-hydrogen) atoms. The van der Waals surface area contributed by atoms with Gasteiger partial charge in [-0.2, -0.15) is 0 Å². The Morgan fingerprint density at radius 1 is 1.47 bits per heavy atom. The van der Waals surface area contributed by atoms with E-state index in [1.54, 1.807) is 6.07 Å². The van der Waals surface area contributed by atoms with E-state index in [-0.39, 0.29) is 11.9 Å². The number of aryl methyl sites for hydroxylation is 1. The lowest BCUT2D eigenvalue weighted by Crippen LogP contribution is -2.30. The Balaban J connectivity index is 2.26. The van der Waals surface area contributed by atoms with Crippen molar-refractivity contribution >= 4 is 0 Å². The van der Waals surface area contributed by atoms with Crippen LogP contribution in [0.1, 0.15) is 30.5 Å². The van der Waals surface area contributed by atoms with Gasteiger partial charge in [0.05, 0.1) is 0 Å². The second-order valence-corrected chi connectivity index (χ2v) is 4.58. The van der Waals surface area contributed by atoms with Crippen LogP contribution in [0.4, 0.5) is 4.39 Å². The van der Waals surface area contributed by atoms with E-state index in [4.69, 9.17) is 5.84 Å². The van der Waals surface area contributed by atoms with Crippen LogP contribution in [-0.4, -0.2) is 0 Å². The molecular weight excluding hydrogens is 191 g/mol. The van der Waals surface area contributed by atoms with Gasteiger partial charge in [-0.3, -0.25) is 11.3 Å². The Bertz CT molecular complexity index is 344. The van der Waals surface area contributed by atoms with Gasteiger partial charge in [0, 0.05) is 6.04 Å². The molecule has 82 valence electrons. The summed E-state index contributed by atoms with van der Waals surface area (Å²) in [5.74, 6) is 6.60. The van der Waals surface area contributed by atoms with Crippen LogP contribution in [0.3, 0.4) is 0 Å². The van der Waals surface area contributed by atoms with Gasteiger partial charge in [0.2, 0.25) is 0 Å². The standard InChI is InChI=1S/C12H17FN2/c1-7-3-9(6-10(13)4-7)12(15-14)11-5-8(11)2/h3-4,6,8,11-12,15H,5,14H2,1-2H3. The highest BCUT2D eigenvalue weighted by Crippen LogP contribution is 2.46. The maximum absolute atomic E-state index is 13.2. The van der Waals surface area contributed by atoms with Crippen molar-refractivity contribution in [2.75, 3.05) is 0 Å². The Hall–Kier alpha value is -0.930. The maximum Gasteiger partial charge on any atom is 0.123 e. The number of nitrogens with two attached hydrogens (primary N) is 1. The molecule has 3 atom stereocenters. The number of halogens is 1. The topological polar surface area (TPSA) is 38.0 Å². The minimum atomic E-state index is -0.182. The molecule has 0 radical (unpaired) electrons. The molecule has 1 aromatic carbocycles. The first-order valence-corrected chi connectivity index (χ1v) is 5.35. The molecule has 3 heteroatoms. The van der Waals surface area contributed by atoms with Crippen LogP contribution in [0, 0.1) is 24.6 Å². The van der Waals surface area contributed by atoms with E-state index < -0.39 is 0 Å². The lowest BCUT2D eigenvalue weighted by Gasteiger charge is -2.16. The van der Waals surface area contributed by atoms with Crippen LogP contribution in [-0.2, 0) is 0 Å². The summed E-state index contributed by atoms with van der Waals surface area (Å²) in [6.45, 7) is 4.09. The fourth-order valence-corrected chi connectivity index (χ4v) is 2.23. The summed E-state index contributed by atoms with van der Waals surface area (Å²) in [5.41, 5.74) is 4.70. The molecule has 2 rings (SSSR count). The van der Waals surface area contributed by atoms with E-state index in [0.717, 1.165) is 11.1 Å². The fraction of sp³-hybridized carbons (Fsp3) is 0.500. The van der Waals surface area contributed by atoms with Crippen molar-refractivity contribution in [2.45, 2.75) is 26.3 Å². The lowest BCUT2D eigenvalue weighted by atomic mass is 10.00. The average molecular weight is 208 g/mol. The predicted octanol–water partition coefficient (Wildman–Crippen LogP) is 2.29. The van der Waals surface area contributed by atoms with E-state index in [9.17, 15) is 4.39 Å². The number of nitrogens with one attached hydrogen (secondary N) is 1. The summed E-state index contributed by atoms with van der Waals surface area (Å²) in [6.07, 6.45) is 1.17. The molecule has 0 bridgehead atoms. The summed E-state index contributed by atoms with van der Waals surface area (Å²) in [5, 5.41) is 0. The molecule has 1 aliphatic rings. The van der Waals surface area contributed by atoms with Crippen LogP contribution in [0.2, 0.25) is 0 Å². The first-order chi connectivity index (χ1) is 7.11. The van der Waals surface area contributed by atoms with Crippen LogP contribution >= 0.6 is 0 Å². The summed E-state index contributed by atoms with van der Waals surface area (Å²) in [4.78, 5) is 0. The quantitative estimate of drug-likeness (QED) is 0.591. The van der Waals surface area contributed by atoms with Crippen molar-refractivity contribution in [1.82, 2.24) is 5.43 Å². The molecule has 1 fully saturated rings. The van der Waals surface area contributed by atoms with Crippen molar-refractivity contribution in [3.05, 3.63) is 35.1 Å². The molecule has 3 unspecified atom stereocenters. The third-order valence-corrected chi connectivity index (χ3v) is 3.20. The Labute approximate surface area is 89.6 Å². The first-order valence-electron chi connectivity index (χ1n) is 5.35. The fourth-order valence-electron chi connectivity index (χ4n) is 2.23. The largest absolute Gasteiger partial charge is 0.271 e. The molecule has 2 nitrogen and oxygen atoms in total. The van der Waals surface area contributed by atoms with Gasteiger partial charge in [-0.1, -0.05) is 13.0 Å². The SMILES string of the molecule is Cc1cc(F)cc(C(NN)C2CC2C)c1. The molecule has 0 aliphatic heterocycles. The number of hydrogen-bond donors (Lipinski definition) is 2. The van der Waals surface area contributed by atoms with Crippen LogP contribution in [0.5, 0.6) is 0 Å². The summed E-state index contributed by atoms with van der Waals surface area (Å²) in [7, 11) is 0. The summed E-state index contributed by atoms with van der Waals surface area (Å²) in [6, 6.07) is 5.20. The van der Waals surface area contributed by atoms with Gasteiger partial charge in [-0.25, -0.2) is 4.39 Å². The van der Waals surface area contributed by atoms with Crippen molar-refractivity contribution in [2.24, 2.45) is 17.7 Å². The van der Waals surface area contributed by atoms with Crippen LogP contribution in [0.15, 0.2) is 18.2 Å². The molecule has 3 N–H and O–H groups in total. The Kier molecular flexibility index (Phi) is 2.76. The van der Waals surface area contributed by atoms with Gasteiger partial charge >= 0.3 is 0 Å². The van der Waals surface area contributed by atoms with Crippen LogP contribution in [0.25, 0.3) is 0 Å². The molecule has 0 spiro atoms. The van der Waals surface area contributed by atoms with E-state index in [2.05, 4.69) is 12.3 Å². The lowest BCUT2D eigenvalue weighted by molar-refractivity contribution is 0.472. The maximum atomic E-state index is 13.2. The zero-order valence-electron chi connectivity index (χ0n) is 9.13. The van der Waals surface area contributed by atoms with Gasteiger partial charge in [0.25, 0.3) is 0 Å². The predicted molar refractivity (Wildman–Crippen MR) is 58.5 cm³/mol. The number of hydrazine groups is 1. The third-order valence-electron chi connectivity index (χ3n) is 3.20.